The van der Waals surface area contributed by atoms with E-state index in [0.717, 1.165) is 0 Å². The zero-order chi connectivity index (χ0) is 24.4. The van der Waals surface area contributed by atoms with Gasteiger partial charge in [0.25, 0.3) is 11.5 Å². The molecular weight excluding hydrogens is 447 g/mol. The van der Waals surface area contributed by atoms with Crippen molar-refractivity contribution in [1.29, 1.82) is 0 Å². The summed E-state index contributed by atoms with van der Waals surface area (Å²) in [5, 5.41) is 0.491. The number of rotatable bonds is 6. The predicted molar refractivity (Wildman–Crippen MR) is 130 cm³/mol. The molecule has 8 heteroatoms. The Kier molecular flexibility index (Phi) is 5.93. The number of nitrogens with one attached hydrogen (secondary N) is 1. The molecule has 0 aliphatic rings. The average molecular weight is 468 g/mol. The fourth-order valence-electron chi connectivity index (χ4n) is 3.93. The van der Waals surface area contributed by atoms with Crippen molar-refractivity contribution in [2.45, 2.75) is 13.5 Å². The summed E-state index contributed by atoms with van der Waals surface area (Å²) in [6.07, 6.45) is 1.44. The number of hydrogen-bond donors (Lipinski definition) is 1. The van der Waals surface area contributed by atoms with Crippen molar-refractivity contribution < 1.29 is 13.6 Å². The third-order valence-corrected chi connectivity index (χ3v) is 5.70. The minimum Gasteiger partial charge on any atom is -0.436 e. The Hall–Kier alpha value is -4.59. The minimum atomic E-state index is -0.423. The topological polar surface area (TPSA) is 92.1 Å². The summed E-state index contributed by atoms with van der Waals surface area (Å²) < 4.78 is 20.0. The summed E-state index contributed by atoms with van der Waals surface area (Å²) in [6.45, 7) is 2.35. The summed E-state index contributed by atoms with van der Waals surface area (Å²) in [5.41, 5.74) is 1.46. The summed E-state index contributed by atoms with van der Waals surface area (Å²) in [6, 6.07) is 20.3. The molecule has 1 amide bonds. The van der Waals surface area contributed by atoms with Gasteiger partial charge in [-0.15, -0.1) is 0 Å². The number of carbonyl (C=O) groups is 1. The van der Waals surface area contributed by atoms with Gasteiger partial charge >= 0.3 is 0 Å². The first-order chi connectivity index (χ1) is 17.0. The van der Waals surface area contributed by atoms with Crippen molar-refractivity contribution in [3.05, 3.63) is 107 Å². The molecule has 3 aromatic carbocycles. The van der Waals surface area contributed by atoms with Gasteiger partial charge in [0.15, 0.2) is 5.76 Å². The van der Waals surface area contributed by atoms with Crippen LogP contribution in [0.4, 0.5) is 4.39 Å². The highest BCUT2D eigenvalue weighted by Crippen LogP contribution is 2.30. The molecule has 174 valence electrons. The van der Waals surface area contributed by atoms with Crippen LogP contribution < -0.4 is 5.56 Å². The van der Waals surface area contributed by atoms with E-state index in [4.69, 9.17) is 4.42 Å². The largest absolute Gasteiger partial charge is 0.436 e. The third-order valence-electron chi connectivity index (χ3n) is 5.70. The maximum absolute atomic E-state index is 14.2. The number of amides is 1. The highest BCUT2D eigenvalue weighted by Gasteiger charge is 2.22. The number of benzene rings is 3. The zero-order valence-electron chi connectivity index (χ0n) is 18.9. The van der Waals surface area contributed by atoms with Gasteiger partial charge in [-0.1, -0.05) is 36.4 Å². The van der Waals surface area contributed by atoms with Gasteiger partial charge < -0.3 is 14.3 Å². The number of hydrogen-bond acceptors (Lipinski definition) is 5. The maximum atomic E-state index is 14.2. The summed E-state index contributed by atoms with van der Waals surface area (Å²) in [7, 11) is 0. The summed E-state index contributed by atoms with van der Waals surface area (Å²) >= 11 is 0. The Morgan fingerprint density at radius 1 is 1.00 bits per heavy atom. The highest BCUT2D eigenvalue weighted by molar-refractivity contribution is 6.00. The van der Waals surface area contributed by atoms with Crippen molar-refractivity contribution in [1.82, 2.24) is 19.9 Å². The number of H-pyrrole nitrogens is 1. The number of aromatic nitrogens is 3. The van der Waals surface area contributed by atoms with Crippen LogP contribution in [-0.4, -0.2) is 32.3 Å². The number of nitrogens with zero attached hydrogens (tertiary/aromatic N) is 3. The van der Waals surface area contributed by atoms with Crippen LogP contribution in [0.25, 0.3) is 33.7 Å². The van der Waals surface area contributed by atoms with Gasteiger partial charge in [-0.3, -0.25) is 9.59 Å². The molecule has 0 bridgehead atoms. The molecule has 2 heterocycles. The number of oxazole rings is 1. The molecule has 0 unspecified atom stereocenters. The number of halogens is 1. The monoisotopic (exact) mass is 468 g/mol. The molecule has 7 nitrogen and oxygen atoms in total. The fourth-order valence-corrected chi connectivity index (χ4v) is 3.93. The van der Waals surface area contributed by atoms with Gasteiger partial charge in [0.2, 0.25) is 5.89 Å². The van der Waals surface area contributed by atoms with Crippen LogP contribution in [0, 0.1) is 5.82 Å². The Morgan fingerprint density at radius 2 is 1.71 bits per heavy atom. The van der Waals surface area contributed by atoms with Crippen LogP contribution >= 0.6 is 0 Å². The molecule has 1 N–H and O–H groups in total. The quantitative estimate of drug-likeness (QED) is 0.377. The fraction of sp³-hybridized carbons (Fsp3) is 0.111. The van der Waals surface area contributed by atoms with Crippen molar-refractivity contribution >= 4 is 16.8 Å². The molecule has 0 fully saturated rings. The average Bonchev–Trinajstić information content (AvgIpc) is 3.37. The van der Waals surface area contributed by atoms with E-state index in [1.54, 1.807) is 65.6 Å². The second kappa shape index (κ2) is 9.34. The maximum Gasteiger partial charge on any atom is 0.258 e. The van der Waals surface area contributed by atoms with E-state index in [1.807, 2.05) is 13.0 Å². The van der Waals surface area contributed by atoms with E-state index >= 15 is 0 Å². The molecule has 2 aromatic heterocycles. The smallest absolute Gasteiger partial charge is 0.258 e. The van der Waals surface area contributed by atoms with Crippen LogP contribution in [0.1, 0.15) is 23.1 Å². The second-order valence-corrected chi connectivity index (χ2v) is 7.90. The first-order valence-corrected chi connectivity index (χ1v) is 11.1. The lowest BCUT2D eigenvalue weighted by atomic mass is 10.1. The van der Waals surface area contributed by atoms with Crippen molar-refractivity contribution in [2.75, 3.05) is 6.54 Å². The van der Waals surface area contributed by atoms with Gasteiger partial charge in [-0.05, 0) is 43.3 Å². The van der Waals surface area contributed by atoms with E-state index in [1.165, 1.54) is 12.3 Å². The van der Waals surface area contributed by atoms with E-state index in [-0.39, 0.29) is 35.2 Å². The highest BCUT2D eigenvalue weighted by atomic mass is 19.1. The van der Waals surface area contributed by atoms with Crippen LogP contribution in [0.2, 0.25) is 0 Å². The van der Waals surface area contributed by atoms with Gasteiger partial charge in [-0.2, -0.15) is 0 Å². The van der Waals surface area contributed by atoms with Crippen LogP contribution in [0.3, 0.4) is 0 Å². The molecule has 0 radical (unpaired) electrons. The van der Waals surface area contributed by atoms with Gasteiger partial charge in [-0.25, -0.2) is 14.4 Å². The Bertz CT molecular complexity index is 1590. The third kappa shape index (κ3) is 4.33. The van der Waals surface area contributed by atoms with Crippen LogP contribution in [0.15, 0.2) is 88.2 Å². The molecule has 0 aliphatic heterocycles. The van der Waals surface area contributed by atoms with Crippen molar-refractivity contribution in [2.24, 2.45) is 0 Å². The van der Waals surface area contributed by atoms with E-state index < -0.39 is 5.82 Å². The standard InChI is InChI=1S/C27H21FN4O3/c1-2-32(16-24-30-22-14-8-6-12-20(22)25(33)31-24)27(34)18-10-4-3-9-17(18)26-29-15-23(35-26)19-11-5-7-13-21(19)28/h3-15H,2,16H2,1H3,(H,30,31,33). The molecule has 5 rings (SSSR count). The van der Waals surface area contributed by atoms with Gasteiger partial charge in [0, 0.05) is 12.1 Å². The molecule has 0 saturated carbocycles. The molecule has 0 atom stereocenters. The van der Waals surface area contributed by atoms with Crippen molar-refractivity contribution in [3.8, 4) is 22.8 Å². The lowest BCUT2D eigenvalue weighted by Crippen LogP contribution is -2.32. The van der Waals surface area contributed by atoms with Crippen LogP contribution in [0.5, 0.6) is 0 Å². The predicted octanol–water partition coefficient (Wildman–Crippen LogP) is 5.05. The zero-order valence-corrected chi connectivity index (χ0v) is 18.9. The minimum absolute atomic E-state index is 0.121. The number of para-hydroxylation sites is 1. The molecular formula is C27H21FN4O3. The Morgan fingerprint density at radius 3 is 2.51 bits per heavy atom. The normalized spacial score (nSPS) is 11.0. The lowest BCUT2D eigenvalue weighted by Gasteiger charge is -2.21. The number of fused-ring (bicyclic) bond motifs is 1. The molecule has 5 aromatic rings. The van der Waals surface area contributed by atoms with E-state index in [2.05, 4.69) is 15.0 Å². The Labute approximate surface area is 199 Å². The Balaban J connectivity index is 1.46. The first-order valence-electron chi connectivity index (χ1n) is 11.1. The first kappa shape index (κ1) is 22.2. The second-order valence-electron chi connectivity index (χ2n) is 7.90. The molecule has 35 heavy (non-hydrogen) atoms. The molecule has 0 saturated heterocycles. The summed E-state index contributed by atoms with van der Waals surface area (Å²) in [4.78, 5) is 39.1. The SMILES string of the molecule is CCN(Cc1nc2ccccc2c(=O)[nH]1)C(=O)c1ccccc1-c1ncc(-c2ccccc2F)o1. The molecule has 0 spiro atoms. The van der Waals surface area contributed by atoms with Gasteiger partial charge in [0.1, 0.15) is 11.6 Å². The molecule has 0 aliphatic carbocycles. The summed E-state index contributed by atoms with van der Waals surface area (Å²) in [5.74, 6) is 0.170. The lowest BCUT2D eigenvalue weighted by molar-refractivity contribution is 0.0749. The van der Waals surface area contributed by atoms with Gasteiger partial charge in [0.05, 0.1) is 34.8 Å². The van der Waals surface area contributed by atoms with E-state index in [9.17, 15) is 14.0 Å². The number of aromatic amines is 1. The van der Waals surface area contributed by atoms with Crippen LogP contribution in [-0.2, 0) is 6.54 Å². The van der Waals surface area contributed by atoms with Crippen molar-refractivity contribution in [3.63, 3.8) is 0 Å². The number of carbonyl (C=O) groups excluding carboxylic acids is 1. The van der Waals surface area contributed by atoms with E-state index in [0.29, 0.717) is 34.4 Å².